The molecule has 108 valence electrons. The Balaban J connectivity index is 2.57. The second kappa shape index (κ2) is 8.08. The fourth-order valence-corrected chi connectivity index (χ4v) is 2.68. The number of hydrogen-bond donors (Lipinski definition) is 3. The molecule has 0 radical (unpaired) electrons. The largest absolute Gasteiger partial charge is 0.385 e. The van der Waals surface area contributed by atoms with Gasteiger partial charge in [0.25, 0.3) is 0 Å². The summed E-state index contributed by atoms with van der Waals surface area (Å²) in [6.07, 6.45) is 0.871. The lowest BCUT2D eigenvalue weighted by Gasteiger charge is -2.15. The third-order valence-corrected chi connectivity index (χ3v) is 3.85. The van der Waals surface area contributed by atoms with Gasteiger partial charge in [0, 0.05) is 25.1 Å². The average Bonchev–Trinajstić information content (AvgIpc) is 2.72. The Morgan fingerprint density at radius 1 is 1.53 bits per heavy atom. The number of hydrazine groups is 1. The third-order valence-electron chi connectivity index (χ3n) is 2.60. The monoisotopic (exact) mass is 285 g/mol. The number of methoxy groups -OCH3 is 1. The van der Waals surface area contributed by atoms with Gasteiger partial charge in [-0.3, -0.25) is 10.4 Å². The molecule has 0 aliphatic heterocycles. The minimum absolute atomic E-state index is 0.128. The van der Waals surface area contributed by atoms with Crippen LogP contribution >= 0.6 is 11.3 Å². The fraction of sp³-hybridized carbons (Fsp3) is 0.667. The molecule has 19 heavy (non-hydrogen) atoms. The molecule has 0 aromatic carbocycles. The molecule has 1 unspecified atom stereocenters. The Morgan fingerprint density at radius 3 is 2.79 bits per heavy atom. The van der Waals surface area contributed by atoms with Gasteiger partial charge < -0.3 is 10.1 Å². The van der Waals surface area contributed by atoms with Gasteiger partial charge in [-0.1, -0.05) is 0 Å². The Morgan fingerprint density at radius 2 is 2.26 bits per heavy atom. The van der Waals surface area contributed by atoms with Gasteiger partial charge in [-0.2, -0.15) is 0 Å². The van der Waals surface area contributed by atoms with Gasteiger partial charge in [0.1, 0.15) is 0 Å². The SMILES string of the molecule is COCCCN=C(NN)NC(C)c1sc(C)nc1C. The zero-order chi connectivity index (χ0) is 14.3. The van der Waals surface area contributed by atoms with Crippen LogP contribution in [-0.4, -0.2) is 31.2 Å². The number of nitrogens with zero attached hydrogens (tertiary/aromatic N) is 2. The number of guanidine groups is 1. The maximum atomic E-state index is 5.47. The van der Waals surface area contributed by atoms with E-state index in [1.807, 2.05) is 13.8 Å². The van der Waals surface area contributed by atoms with Crippen molar-refractivity contribution in [3.05, 3.63) is 15.6 Å². The molecule has 0 aliphatic carbocycles. The van der Waals surface area contributed by atoms with Crippen molar-refractivity contribution in [1.29, 1.82) is 0 Å². The van der Waals surface area contributed by atoms with E-state index in [0.29, 0.717) is 19.1 Å². The van der Waals surface area contributed by atoms with Crippen molar-refractivity contribution in [2.75, 3.05) is 20.3 Å². The maximum absolute atomic E-state index is 5.47. The smallest absolute Gasteiger partial charge is 0.206 e. The predicted molar refractivity (Wildman–Crippen MR) is 79.3 cm³/mol. The van der Waals surface area contributed by atoms with Crippen molar-refractivity contribution >= 4 is 17.3 Å². The van der Waals surface area contributed by atoms with E-state index in [9.17, 15) is 0 Å². The van der Waals surface area contributed by atoms with Crippen molar-refractivity contribution in [1.82, 2.24) is 15.7 Å². The lowest BCUT2D eigenvalue weighted by Crippen LogP contribution is -2.42. The van der Waals surface area contributed by atoms with Crippen LogP contribution in [0.2, 0.25) is 0 Å². The summed E-state index contributed by atoms with van der Waals surface area (Å²) in [7, 11) is 1.68. The van der Waals surface area contributed by atoms with Crippen molar-refractivity contribution < 1.29 is 4.74 Å². The van der Waals surface area contributed by atoms with Crippen LogP contribution in [0.3, 0.4) is 0 Å². The molecule has 0 spiro atoms. The van der Waals surface area contributed by atoms with Gasteiger partial charge in [0.2, 0.25) is 5.96 Å². The number of aliphatic imine (C=N–C) groups is 1. The number of hydrogen-bond acceptors (Lipinski definition) is 5. The minimum Gasteiger partial charge on any atom is -0.385 e. The molecule has 0 saturated carbocycles. The molecule has 1 aromatic rings. The molecular weight excluding hydrogens is 262 g/mol. The minimum atomic E-state index is 0.128. The van der Waals surface area contributed by atoms with Gasteiger partial charge in [-0.15, -0.1) is 11.3 Å². The van der Waals surface area contributed by atoms with Gasteiger partial charge >= 0.3 is 0 Å². The lowest BCUT2D eigenvalue weighted by atomic mass is 10.2. The summed E-state index contributed by atoms with van der Waals surface area (Å²) >= 11 is 1.69. The topological polar surface area (TPSA) is 84.6 Å². The number of nitrogens with two attached hydrogens (primary N) is 1. The number of ether oxygens (including phenoxy) is 1. The molecule has 0 fully saturated rings. The fourth-order valence-electron chi connectivity index (χ4n) is 1.75. The first-order valence-corrected chi connectivity index (χ1v) is 7.10. The van der Waals surface area contributed by atoms with E-state index in [4.69, 9.17) is 10.6 Å². The van der Waals surface area contributed by atoms with E-state index in [1.54, 1.807) is 18.4 Å². The van der Waals surface area contributed by atoms with Crippen LogP contribution in [0.1, 0.15) is 35.0 Å². The molecule has 6 nitrogen and oxygen atoms in total. The predicted octanol–water partition coefficient (Wildman–Crippen LogP) is 1.27. The van der Waals surface area contributed by atoms with E-state index in [1.165, 1.54) is 4.88 Å². The highest BCUT2D eigenvalue weighted by Gasteiger charge is 2.13. The van der Waals surface area contributed by atoms with Crippen molar-refractivity contribution in [2.45, 2.75) is 33.2 Å². The van der Waals surface area contributed by atoms with Crippen LogP contribution < -0.4 is 16.6 Å². The standard InChI is InChI=1S/C12H23N5OS/c1-8-11(19-10(3)15-8)9(2)16-12(17-13)14-6-5-7-18-4/h9H,5-7,13H2,1-4H3,(H2,14,16,17). The zero-order valence-corrected chi connectivity index (χ0v) is 12.8. The number of rotatable bonds is 6. The van der Waals surface area contributed by atoms with E-state index in [2.05, 4.69) is 27.6 Å². The van der Waals surface area contributed by atoms with Crippen LogP contribution in [0.4, 0.5) is 0 Å². The molecule has 0 bridgehead atoms. The summed E-state index contributed by atoms with van der Waals surface area (Å²) in [6.45, 7) is 7.47. The van der Waals surface area contributed by atoms with E-state index in [-0.39, 0.29) is 6.04 Å². The van der Waals surface area contributed by atoms with E-state index >= 15 is 0 Å². The lowest BCUT2D eigenvalue weighted by molar-refractivity contribution is 0.197. The van der Waals surface area contributed by atoms with Gasteiger partial charge in [-0.05, 0) is 27.2 Å². The maximum Gasteiger partial charge on any atom is 0.206 e. The molecule has 1 rings (SSSR count). The average molecular weight is 285 g/mol. The van der Waals surface area contributed by atoms with Gasteiger partial charge in [-0.25, -0.2) is 10.8 Å². The Kier molecular flexibility index (Phi) is 6.75. The third kappa shape index (κ3) is 5.14. The molecule has 1 aromatic heterocycles. The number of aromatic nitrogens is 1. The summed E-state index contributed by atoms with van der Waals surface area (Å²) < 4.78 is 4.98. The summed E-state index contributed by atoms with van der Waals surface area (Å²) in [5.74, 6) is 6.06. The first-order valence-electron chi connectivity index (χ1n) is 6.29. The van der Waals surface area contributed by atoms with Crippen LogP contribution in [0.5, 0.6) is 0 Å². The zero-order valence-electron chi connectivity index (χ0n) is 12.0. The summed E-state index contributed by atoms with van der Waals surface area (Å²) in [6, 6.07) is 0.128. The van der Waals surface area contributed by atoms with Gasteiger partial charge in [0.15, 0.2) is 0 Å². The second-order valence-electron chi connectivity index (χ2n) is 4.27. The first-order chi connectivity index (χ1) is 9.08. The molecule has 0 saturated heterocycles. The molecule has 4 N–H and O–H groups in total. The van der Waals surface area contributed by atoms with Crippen molar-refractivity contribution in [3.63, 3.8) is 0 Å². The molecule has 1 heterocycles. The molecule has 0 aliphatic rings. The Hall–Kier alpha value is -1.18. The van der Waals surface area contributed by atoms with Crippen LogP contribution in [0, 0.1) is 13.8 Å². The first kappa shape index (κ1) is 15.9. The summed E-state index contributed by atoms with van der Waals surface area (Å²) in [5, 5.41) is 4.33. The Bertz CT molecular complexity index is 418. The highest BCUT2D eigenvalue weighted by atomic mass is 32.1. The molecule has 7 heteroatoms. The van der Waals surface area contributed by atoms with E-state index in [0.717, 1.165) is 17.1 Å². The van der Waals surface area contributed by atoms with Crippen molar-refractivity contribution in [3.8, 4) is 0 Å². The van der Waals surface area contributed by atoms with Crippen LogP contribution in [0.25, 0.3) is 0 Å². The highest BCUT2D eigenvalue weighted by molar-refractivity contribution is 7.11. The van der Waals surface area contributed by atoms with Crippen LogP contribution in [-0.2, 0) is 4.74 Å². The quantitative estimate of drug-likeness (QED) is 0.241. The summed E-state index contributed by atoms with van der Waals surface area (Å²) in [5.41, 5.74) is 3.64. The molecule has 1 atom stereocenters. The normalized spacial score (nSPS) is 13.4. The Labute approximate surface area is 118 Å². The number of aryl methyl sites for hydroxylation is 2. The second-order valence-corrected chi connectivity index (χ2v) is 5.50. The molecular formula is C12H23N5OS. The van der Waals surface area contributed by atoms with Crippen LogP contribution in [0.15, 0.2) is 4.99 Å². The van der Waals surface area contributed by atoms with Gasteiger partial charge in [0.05, 0.1) is 16.7 Å². The van der Waals surface area contributed by atoms with Crippen molar-refractivity contribution in [2.24, 2.45) is 10.8 Å². The summed E-state index contributed by atoms with van der Waals surface area (Å²) in [4.78, 5) is 9.98. The number of thiazole rings is 1. The highest BCUT2D eigenvalue weighted by Crippen LogP contribution is 2.24. The van der Waals surface area contributed by atoms with E-state index < -0.39 is 0 Å². The molecule has 0 amide bonds. The number of nitrogens with one attached hydrogen (secondary N) is 2.